The number of fused-ring (bicyclic) bond motifs is 1. The first-order valence-corrected chi connectivity index (χ1v) is 11.3. The summed E-state index contributed by atoms with van der Waals surface area (Å²) in [6.45, 7) is 0. The van der Waals surface area contributed by atoms with Crippen molar-refractivity contribution in [1.82, 2.24) is 9.78 Å². The number of benzene rings is 4. The average molecular weight is 475 g/mol. The summed E-state index contributed by atoms with van der Waals surface area (Å²) in [7, 11) is 0. The molecule has 4 aromatic carbocycles. The Morgan fingerprint density at radius 1 is 0.914 bits per heavy atom. The number of carbonyl (C=O) groups excluding carboxylic acids is 1. The molecule has 0 atom stereocenters. The predicted octanol–water partition coefficient (Wildman–Crippen LogP) is 6.89. The van der Waals surface area contributed by atoms with E-state index in [1.165, 1.54) is 0 Å². The van der Waals surface area contributed by atoms with E-state index in [9.17, 15) is 10.1 Å². The van der Waals surface area contributed by atoms with Crippen LogP contribution in [0.25, 0.3) is 33.8 Å². The van der Waals surface area contributed by atoms with Gasteiger partial charge in [0.25, 0.3) is 5.91 Å². The van der Waals surface area contributed by atoms with E-state index in [0.717, 1.165) is 22.0 Å². The van der Waals surface area contributed by atoms with Gasteiger partial charge in [-0.15, -0.1) is 0 Å². The van der Waals surface area contributed by atoms with Crippen LogP contribution in [0, 0.1) is 11.3 Å². The SMILES string of the molecule is N#CC(=Cc1cn(-c2ccccc2)nc1-c1ccc(Cl)cc1)C(=O)Nc1ccc2ccccc2c1. The summed E-state index contributed by atoms with van der Waals surface area (Å²) in [5, 5.41) is 20.1. The predicted molar refractivity (Wildman–Crippen MR) is 140 cm³/mol. The molecular weight excluding hydrogens is 456 g/mol. The molecule has 1 N–H and O–H groups in total. The van der Waals surface area contributed by atoms with Gasteiger partial charge in [0, 0.05) is 28.0 Å². The molecule has 0 aliphatic rings. The van der Waals surface area contributed by atoms with Crippen LogP contribution in [0.3, 0.4) is 0 Å². The molecule has 5 aromatic rings. The Kier molecular flexibility index (Phi) is 6.13. The number of para-hydroxylation sites is 1. The van der Waals surface area contributed by atoms with E-state index in [-0.39, 0.29) is 5.57 Å². The minimum Gasteiger partial charge on any atom is -0.321 e. The van der Waals surface area contributed by atoms with Crippen LogP contribution in [-0.2, 0) is 4.79 Å². The van der Waals surface area contributed by atoms with E-state index in [0.29, 0.717) is 22.0 Å². The zero-order valence-electron chi connectivity index (χ0n) is 18.5. The second kappa shape index (κ2) is 9.68. The van der Waals surface area contributed by atoms with Crippen LogP contribution < -0.4 is 5.32 Å². The van der Waals surface area contributed by atoms with Crippen molar-refractivity contribution in [3.05, 3.63) is 119 Å². The molecule has 0 radical (unpaired) electrons. The van der Waals surface area contributed by atoms with Gasteiger partial charge in [0.15, 0.2) is 0 Å². The van der Waals surface area contributed by atoms with Gasteiger partial charge in [-0.25, -0.2) is 4.68 Å². The largest absolute Gasteiger partial charge is 0.321 e. The summed E-state index contributed by atoms with van der Waals surface area (Å²) >= 11 is 6.07. The third-order valence-electron chi connectivity index (χ3n) is 5.55. The van der Waals surface area contributed by atoms with Crippen molar-refractivity contribution in [2.45, 2.75) is 0 Å². The van der Waals surface area contributed by atoms with E-state index in [2.05, 4.69) is 5.32 Å². The number of nitriles is 1. The molecule has 1 heterocycles. The highest BCUT2D eigenvalue weighted by Crippen LogP contribution is 2.27. The molecule has 5 nitrogen and oxygen atoms in total. The fraction of sp³-hybridized carbons (Fsp3) is 0. The highest BCUT2D eigenvalue weighted by atomic mass is 35.5. The summed E-state index contributed by atoms with van der Waals surface area (Å²) in [4.78, 5) is 13.0. The van der Waals surface area contributed by atoms with Crippen molar-refractivity contribution >= 4 is 40.0 Å². The Hall–Kier alpha value is -4.66. The lowest BCUT2D eigenvalue weighted by atomic mass is 10.1. The van der Waals surface area contributed by atoms with Gasteiger partial charge in [-0.3, -0.25) is 4.79 Å². The second-order valence-electron chi connectivity index (χ2n) is 7.91. The normalized spacial score (nSPS) is 11.3. The third kappa shape index (κ3) is 4.84. The van der Waals surface area contributed by atoms with E-state index >= 15 is 0 Å². The Balaban J connectivity index is 1.52. The number of amides is 1. The van der Waals surface area contributed by atoms with Crippen molar-refractivity contribution < 1.29 is 4.79 Å². The molecule has 35 heavy (non-hydrogen) atoms. The van der Waals surface area contributed by atoms with E-state index in [1.54, 1.807) is 29.1 Å². The van der Waals surface area contributed by atoms with Crippen molar-refractivity contribution in [2.75, 3.05) is 5.32 Å². The van der Waals surface area contributed by atoms with Crippen LogP contribution in [-0.4, -0.2) is 15.7 Å². The maximum Gasteiger partial charge on any atom is 0.266 e. The fourth-order valence-electron chi connectivity index (χ4n) is 3.81. The van der Waals surface area contributed by atoms with E-state index in [1.807, 2.05) is 91.0 Å². The van der Waals surface area contributed by atoms with Crippen LogP contribution >= 0.6 is 11.6 Å². The maximum absolute atomic E-state index is 13.0. The van der Waals surface area contributed by atoms with Gasteiger partial charge < -0.3 is 5.32 Å². The van der Waals surface area contributed by atoms with Gasteiger partial charge in [-0.2, -0.15) is 10.4 Å². The van der Waals surface area contributed by atoms with Crippen LogP contribution in [0.5, 0.6) is 0 Å². The average Bonchev–Trinajstić information content (AvgIpc) is 3.32. The second-order valence-corrected chi connectivity index (χ2v) is 8.34. The molecule has 6 heteroatoms. The lowest BCUT2D eigenvalue weighted by Gasteiger charge is -2.06. The van der Waals surface area contributed by atoms with Crippen molar-refractivity contribution in [3.63, 3.8) is 0 Å². The Morgan fingerprint density at radius 3 is 2.37 bits per heavy atom. The molecule has 5 rings (SSSR count). The quantitative estimate of drug-likeness (QED) is 0.222. The molecule has 0 fully saturated rings. The number of nitrogens with one attached hydrogen (secondary N) is 1. The molecule has 168 valence electrons. The van der Waals surface area contributed by atoms with Crippen molar-refractivity contribution in [1.29, 1.82) is 5.26 Å². The fourth-order valence-corrected chi connectivity index (χ4v) is 3.93. The number of anilines is 1. The third-order valence-corrected chi connectivity index (χ3v) is 5.81. The molecule has 0 saturated carbocycles. The van der Waals surface area contributed by atoms with Crippen LogP contribution in [0.4, 0.5) is 5.69 Å². The monoisotopic (exact) mass is 474 g/mol. The zero-order chi connectivity index (χ0) is 24.2. The van der Waals surface area contributed by atoms with Crippen LogP contribution in [0.2, 0.25) is 5.02 Å². The first-order valence-electron chi connectivity index (χ1n) is 10.9. The number of carbonyl (C=O) groups is 1. The summed E-state index contributed by atoms with van der Waals surface area (Å²) in [5.74, 6) is -0.489. The number of aromatic nitrogens is 2. The topological polar surface area (TPSA) is 70.7 Å². The molecular formula is C29H19ClN4O. The molecule has 1 amide bonds. The molecule has 1 aromatic heterocycles. The number of rotatable bonds is 5. The maximum atomic E-state index is 13.0. The van der Waals surface area contributed by atoms with Crippen molar-refractivity contribution in [3.8, 4) is 23.0 Å². The molecule has 0 aliphatic heterocycles. The van der Waals surface area contributed by atoms with Gasteiger partial charge in [-0.1, -0.05) is 72.3 Å². The Morgan fingerprint density at radius 2 is 1.63 bits per heavy atom. The Labute approximate surface area is 207 Å². The van der Waals surface area contributed by atoms with Crippen LogP contribution in [0.15, 0.2) is 109 Å². The minimum atomic E-state index is -0.489. The molecule has 0 spiro atoms. The van der Waals surface area contributed by atoms with Gasteiger partial charge in [0.05, 0.1) is 11.4 Å². The highest BCUT2D eigenvalue weighted by molar-refractivity contribution is 6.30. The summed E-state index contributed by atoms with van der Waals surface area (Å²) in [6, 6.07) is 32.5. The summed E-state index contributed by atoms with van der Waals surface area (Å²) in [5.41, 5.74) is 3.55. The summed E-state index contributed by atoms with van der Waals surface area (Å²) in [6.07, 6.45) is 3.37. The lowest BCUT2D eigenvalue weighted by molar-refractivity contribution is -0.112. The Bertz CT molecular complexity index is 1600. The molecule has 0 unspecified atom stereocenters. The van der Waals surface area contributed by atoms with Gasteiger partial charge in [0.2, 0.25) is 0 Å². The number of hydrogen-bond acceptors (Lipinski definition) is 3. The highest BCUT2D eigenvalue weighted by Gasteiger charge is 2.15. The lowest BCUT2D eigenvalue weighted by Crippen LogP contribution is -2.13. The first-order chi connectivity index (χ1) is 17.1. The van der Waals surface area contributed by atoms with E-state index < -0.39 is 5.91 Å². The number of nitrogens with zero attached hydrogens (tertiary/aromatic N) is 3. The minimum absolute atomic E-state index is 0.0269. The van der Waals surface area contributed by atoms with Gasteiger partial charge in [-0.05, 0) is 53.2 Å². The van der Waals surface area contributed by atoms with Crippen molar-refractivity contribution in [2.24, 2.45) is 0 Å². The molecule has 0 bridgehead atoms. The van der Waals surface area contributed by atoms with Crippen LogP contribution in [0.1, 0.15) is 5.56 Å². The number of halogens is 1. The molecule has 0 aliphatic carbocycles. The standard InChI is InChI=1S/C29H19ClN4O/c30-25-13-10-21(11-14-25)28-24(19-34(33-28)27-8-2-1-3-9-27)16-23(18-31)29(35)32-26-15-12-20-6-4-5-7-22(20)17-26/h1-17,19H,(H,32,35). The van der Waals surface area contributed by atoms with Gasteiger partial charge >= 0.3 is 0 Å². The molecule has 0 saturated heterocycles. The smallest absolute Gasteiger partial charge is 0.266 e. The van der Waals surface area contributed by atoms with E-state index in [4.69, 9.17) is 16.7 Å². The number of hydrogen-bond donors (Lipinski definition) is 1. The zero-order valence-corrected chi connectivity index (χ0v) is 19.3. The summed E-state index contributed by atoms with van der Waals surface area (Å²) < 4.78 is 1.73. The first kappa shape index (κ1) is 22.1. The van der Waals surface area contributed by atoms with Gasteiger partial charge in [0.1, 0.15) is 11.6 Å².